The van der Waals surface area contributed by atoms with Gasteiger partial charge in [-0.3, -0.25) is 9.59 Å². The molecule has 1 atom stereocenters. The Morgan fingerprint density at radius 1 is 1.12 bits per heavy atom. The summed E-state index contributed by atoms with van der Waals surface area (Å²) in [6.07, 6.45) is 0. The fourth-order valence-electron chi connectivity index (χ4n) is 2.43. The lowest BCUT2D eigenvalue weighted by Gasteiger charge is -2.22. The van der Waals surface area contributed by atoms with E-state index >= 15 is 0 Å². The molecule has 2 aromatic carbocycles. The summed E-state index contributed by atoms with van der Waals surface area (Å²) in [5.41, 5.74) is 0.917. The minimum atomic E-state index is -0.712. The maximum absolute atomic E-state index is 12.5. The summed E-state index contributed by atoms with van der Waals surface area (Å²) in [6, 6.07) is 12.3. The van der Waals surface area contributed by atoms with E-state index in [9.17, 15) is 14.7 Å². The Bertz CT molecular complexity index is 757. The summed E-state index contributed by atoms with van der Waals surface area (Å²) in [4.78, 5) is 25.0. The number of hydrogen-bond acceptors (Lipinski definition) is 4. The molecule has 2 amide bonds. The molecule has 0 aliphatic heterocycles. The van der Waals surface area contributed by atoms with Crippen LogP contribution >= 0.6 is 0 Å². The number of hydrogen-bond donors (Lipinski definition) is 3. The van der Waals surface area contributed by atoms with Crippen molar-refractivity contribution in [1.29, 1.82) is 0 Å². The van der Waals surface area contributed by atoms with Crippen LogP contribution in [0.5, 0.6) is 11.5 Å². The van der Waals surface area contributed by atoms with Gasteiger partial charge in [0.05, 0.1) is 6.61 Å². The second kappa shape index (κ2) is 8.89. The van der Waals surface area contributed by atoms with Crippen molar-refractivity contribution in [3.63, 3.8) is 0 Å². The molecule has 0 spiro atoms. The molecule has 0 saturated heterocycles. The van der Waals surface area contributed by atoms with E-state index in [1.165, 1.54) is 12.1 Å². The van der Waals surface area contributed by atoms with E-state index in [1.807, 2.05) is 20.8 Å². The van der Waals surface area contributed by atoms with E-state index < -0.39 is 6.04 Å². The van der Waals surface area contributed by atoms with Crippen LogP contribution in [0.4, 0.5) is 5.69 Å². The largest absolute Gasteiger partial charge is 0.508 e. The molecule has 26 heavy (non-hydrogen) atoms. The molecular formula is C20H24N2O4. The highest BCUT2D eigenvalue weighted by Crippen LogP contribution is 2.17. The highest BCUT2D eigenvalue weighted by atomic mass is 16.5. The third-order valence-corrected chi connectivity index (χ3v) is 3.78. The van der Waals surface area contributed by atoms with Gasteiger partial charge in [-0.1, -0.05) is 19.9 Å². The monoisotopic (exact) mass is 356 g/mol. The third-order valence-electron chi connectivity index (χ3n) is 3.78. The smallest absolute Gasteiger partial charge is 0.251 e. The van der Waals surface area contributed by atoms with Crippen LogP contribution in [0.1, 0.15) is 31.1 Å². The van der Waals surface area contributed by atoms with E-state index in [0.29, 0.717) is 23.6 Å². The number of carbonyl (C=O) groups excluding carboxylic acids is 2. The summed E-state index contributed by atoms with van der Waals surface area (Å²) in [5, 5.41) is 15.0. The highest BCUT2D eigenvalue weighted by molar-refractivity contribution is 6.01. The Balaban J connectivity index is 2.06. The van der Waals surface area contributed by atoms with Crippen LogP contribution in [0.25, 0.3) is 0 Å². The van der Waals surface area contributed by atoms with Crippen molar-refractivity contribution in [2.45, 2.75) is 26.8 Å². The molecule has 0 heterocycles. The standard InChI is InChI=1S/C20H24N2O4/c1-4-26-17-10-8-14(9-11-17)19(24)22-18(13(2)3)20(25)21-15-6-5-7-16(23)12-15/h5-13,18,23H,4H2,1-3H3,(H,21,25)(H,22,24). The SMILES string of the molecule is CCOc1ccc(C(=O)NC(C(=O)Nc2cccc(O)c2)C(C)C)cc1. The molecule has 6 nitrogen and oxygen atoms in total. The maximum atomic E-state index is 12.5. The molecule has 0 aromatic heterocycles. The van der Waals surface area contributed by atoms with Gasteiger partial charge < -0.3 is 20.5 Å². The van der Waals surface area contributed by atoms with Gasteiger partial charge in [0.25, 0.3) is 5.91 Å². The van der Waals surface area contributed by atoms with Gasteiger partial charge in [-0.15, -0.1) is 0 Å². The molecule has 6 heteroatoms. The average Bonchev–Trinajstić information content (AvgIpc) is 2.60. The van der Waals surface area contributed by atoms with Crippen LogP contribution in [0.2, 0.25) is 0 Å². The minimum Gasteiger partial charge on any atom is -0.508 e. The Morgan fingerprint density at radius 2 is 1.81 bits per heavy atom. The average molecular weight is 356 g/mol. The van der Waals surface area contributed by atoms with Gasteiger partial charge in [0.1, 0.15) is 17.5 Å². The Labute approximate surface area is 153 Å². The first kappa shape index (κ1) is 19.3. The molecule has 1 unspecified atom stereocenters. The van der Waals surface area contributed by atoms with E-state index in [-0.39, 0.29) is 23.5 Å². The number of phenols is 1. The molecule has 138 valence electrons. The molecule has 2 aromatic rings. The lowest BCUT2D eigenvalue weighted by Crippen LogP contribution is -2.47. The quantitative estimate of drug-likeness (QED) is 0.711. The molecule has 0 radical (unpaired) electrons. The molecule has 0 aliphatic carbocycles. The van der Waals surface area contributed by atoms with Crippen LogP contribution in [0.3, 0.4) is 0 Å². The number of carbonyl (C=O) groups is 2. The van der Waals surface area contributed by atoms with Gasteiger partial charge in [-0.2, -0.15) is 0 Å². The zero-order valence-electron chi connectivity index (χ0n) is 15.2. The van der Waals surface area contributed by atoms with Crippen molar-refractivity contribution < 1.29 is 19.4 Å². The second-order valence-corrected chi connectivity index (χ2v) is 6.19. The zero-order valence-corrected chi connectivity index (χ0v) is 15.2. The number of nitrogens with one attached hydrogen (secondary N) is 2. The second-order valence-electron chi connectivity index (χ2n) is 6.19. The van der Waals surface area contributed by atoms with Crippen molar-refractivity contribution >= 4 is 17.5 Å². The Kier molecular flexibility index (Phi) is 6.60. The van der Waals surface area contributed by atoms with Gasteiger partial charge in [0.2, 0.25) is 5.91 Å². The summed E-state index contributed by atoms with van der Waals surface area (Å²) in [5.74, 6) is -0.0462. The number of phenolic OH excluding ortho intramolecular Hbond substituents is 1. The maximum Gasteiger partial charge on any atom is 0.251 e. The molecule has 0 bridgehead atoms. The summed E-state index contributed by atoms with van der Waals surface area (Å²) in [6.45, 7) is 6.14. The normalized spacial score (nSPS) is 11.7. The number of anilines is 1. The van der Waals surface area contributed by atoms with Crippen LogP contribution in [-0.4, -0.2) is 29.6 Å². The molecule has 0 aliphatic rings. The molecule has 2 rings (SSSR count). The van der Waals surface area contributed by atoms with E-state index in [2.05, 4.69) is 10.6 Å². The lowest BCUT2D eigenvalue weighted by molar-refractivity contribution is -0.118. The van der Waals surface area contributed by atoms with Crippen LogP contribution in [-0.2, 0) is 4.79 Å². The minimum absolute atomic E-state index is 0.0577. The zero-order chi connectivity index (χ0) is 19.1. The topological polar surface area (TPSA) is 87.7 Å². The van der Waals surface area contributed by atoms with Crippen LogP contribution in [0, 0.1) is 5.92 Å². The van der Waals surface area contributed by atoms with Crippen molar-refractivity contribution in [2.75, 3.05) is 11.9 Å². The predicted molar refractivity (Wildman–Crippen MR) is 100 cm³/mol. The van der Waals surface area contributed by atoms with Gasteiger partial charge in [0.15, 0.2) is 0 Å². The summed E-state index contributed by atoms with van der Waals surface area (Å²) in [7, 11) is 0. The Hall–Kier alpha value is -3.02. The summed E-state index contributed by atoms with van der Waals surface area (Å²) >= 11 is 0. The number of benzene rings is 2. The molecule has 0 saturated carbocycles. The van der Waals surface area contributed by atoms with Gasteiger partial charge in [0, 0.05) is 17.3 Å². The van der Waals surface area contributed by atoms with Crippen molar-refractivity contribution in [1.82, 2.24) is 5.32 Å². The van der Waals surface area contributed by atoms with E-state index in [1.54, 1.807) is 36.4 Å². The molecular weight excluding hydrogens is 332 g/mol. The van der Waals surface area contributed by atoms with Crippen LogP contribution in [0.15, 0.2) is 48.5 Å². The van der Waals surface area contributed by atoms with E-state index in [0.717, 1.165) is 0 Å². The number of aromatic hydroxyl groups is 1. The number of amides is 2. The van der Waals surface area contributed by atoms with Crippen molar-refractivity contribution in [2.24, 2.45) is 5.92 Å². The van der Waals surface area contributed by atoms with Crippen molar-refractivity contribution in [3.8, 4) is 11.5 Å². The number of ether oxygens (including phenoxy) is 1. The first-order valence-electron chi connectivity index (χ1n) is 8.54. The molecule has 0 fully saturated rings. The third kappa shape index (κ3) is 5.24. The van der Waals surface area contributed by atoms with Gasteiger partial charge in [-0.25, -0.2) is 0 Å². The highest BCUT2D eigenvalue weighted by Gasteiger charge is 2.25. The van der Waals surface area contributed by atoms with Gasteiger partial charge in [-0.05, 0) is 49.2 Å². The first-order valence-corrected chi connectivity index (χ1v) is 8.54. The predicted octanol–water partition coefficient (Wildman–Crippen LogP) is 3.18. The molecule has 3 N–H and O–H groups in total. The van der Waals surface area contributed by atoms with Gasteiger partial charge >= 0.3 is 0 Å². The lowest BCUT2D eigenvalue weighted by atomic mass is 10.0. The van der Waals surface area contributed by atoms with Crippen LogP contribution < -0.4 is 15.4 Å². The van der Waals surface area contributed by atoms with Crippen molar-refractivity contribution in [3.05, 3.63) is 54.1 Å². The Morgan fingerprint density at radius 3 is 2.38 bits per heavy atom. The fraction of sp³-hybridized carbons (Fsp3) is 0.300. The fourth-order valence-corrected chi connectivity index (χ4v) is 2.43. The first-order chi connectivity index (χ1) is 12.4. The summed E-state index contributed by atoms with van der Waals surface area (Å²) < 4.78 is 5.36. The number of rotatable bonds is 7. The van der Waals surface area contributed by atoms with E-state index in [4.69, 9.17) is 4.74 Å².